The SMILES string of the molecule is Cc1cccc(-c2noc(-c3cc(Cl)nc4ccccc34)n2)c1. The van der Waals surface area contributed by atoms with Gasteiger partial charge in [-0.05, 0) is 25.1 Å². The van der Waals surface area contributed by atoms with E-state index in [0.29, 0.717) is 16.9 Å². The molecule has 2 aromatic carbocycles. The standard InChI is InChI=1S/C18H12ClN3O/c1-11-5-4-6-12(9-11)17-21-18(23-22-17)14-10-16(19)20-15-8-3-2-7-13(14)15/h2-10H,1H3. The Morgan fingerprint density at radius 1 is 0.957 bits per heavy atom. The topological polar surface area (TPSA) is 51.8 Å². The highest BCUT2D eigenvalue weighted by Crippen LogP contribution is 2.30. The van der Waals surface area contributed by atoms with Gasteiger partial charge in [0.05, 0.1) is 11.1 Å². The maximum absolute atomic E-state index is 6.12. The number of nitrogens with zero attached hydrogens (tertiary/aromatic N) is 3. The molecule has 0 spiro atoms. The van der Waals surface area contributed by atoms with Gasteiger partial charge in [0, 0.05) is 10.9 Å². The highest BCUT2D eigenvalue weighted by atomic mass is 35.5. The van der Waals surface area contributed by atoms with Crippen molar-refractivity contribution in [3.05, 3.63) is 65.3 Å². The second-order valence-corrected chi connectivity index (χ2v) is 5.69. The monoisotopic (exact) mass is 321 g/mol. The molecule has 2 heterocycles. The van der Waals surface area contributed by atoms with Gasteiger partial charge < -0.3 is 4.52 Å². The van der Waals surface area contributed by atoms with E-state index in [1.54, 1.807) is 6.07 Å². The molecule has 0 radical (unpaired) electrons. The molecule has 0 aliphatic carbocycles. The number of benzene rings is 2. The van der Waals surface area contributed by atoms with Crippen LogP contribution in [0.4, 0.5) is 0 Å². The molecule has 4 rings (SSSR count). The summed E-state index contributed by atoms with van der Waals surface area (Å²) in [7, 11) is 0. The molecule has 112 valence electrons. The maximum atomic E-state index is 6.12. The van der Waals surface area contributed by atoms with Crippen molar-refractivity contribution in [3.63, 3.8) is 0 Å². The van der Waals surface area contributed by atoms with Crippen LogP contribution in [0.1, 0.15) is 5.56 Å². The lowest BCUT2D eigenvalue weighted by molar-refractivity contribution is 0.432. The second-order valence-electron chi connectivity index (χ2n) is 5.30. The Balaban J connectivity index is 1.87. The van der Waals surface area contributed by atoms with E-state index in [4.69, 9.17) is 16.1 Å². The molecular formula is C18H12ClN3O. The van der Waals surface area contributed by atoms with Crippen molar-refractivity contribution in [1.29, 1.82) is 0 Å². The van der Waals surface area contributed by atoms with Gasteiger partial charge in [0.25, 0.3) is 5.89 Å². The van der Waals surface area contributed by atoms with Crippen molar-refractivity contribution in [2.75, 3.05) is 0 Å². The highest BCUT2D eigenvalue weighted by Gasteiger charge is 2.14. The Labute approximate surface area is 137 Å². The van der Waals surface area contributed by atoms with Gasteiger partial charge in [0.15, 0.2) is 0 Å². The number of rotatable bonds is 2. The lowest BCUT2D eigenvalue weighted by atomic mass is 10.1. The summed E-state index contributed by atoms with van der Waals surface area (Å²) in [6.45, 7) is 2.03. The summed E-state index contributed by atoms with van der Waals surface area (Å²) in [6, 6.07) is 17.5. The Morgan fingerprint density at radius 2 is 1.83 bits per heavy atom. The Hall–Kier alpha value is -2.72. The van der Waals surface area contributed by atoms with Gasteiger partial charge in [0.1, 0.15) is 5.15 Å². The molecule has 5 heteroatoms. The molecular weight excluding hydrogens is 310 g/mol. The van der Waals surface area contributed by atoms with Crippen LogP contribution in [0.3, 0.4) is 0 Å². The Morgan fingerprint density at radius 3 is 2.70 bits per heavy atom. The zero-order chi connectivity index (χ0) is 15.8. The maximum Gasteiger partial charge on any atom is 0.259 e. The van der Waals surface area contributed by atoms with Gasteiger partial charge in [0.2, 0.25) is 5.82 Å². The smallest absolute Gasteiger partial charge is 0.259 e. The van der Waals surface area contributed by atoms with Crippen molar-refractivity contribution < 1.29 is 4.52 Å². The molecule has 0 fully saturated rings. The first kappa shape index (κ1) is 13.9. The molecule has 4 nitrogen and oxygen atoms in total. The number of fused-ring (bicyclic) bond motifs is 1. The van der Waals surface area contributed by atoms with Crippen LogP contribution in [0, 0.1) is 6.92 Å². The number of hydrogen-bond donors (Lipinski definition) is 0. The minimum atomic E-state index is 0.397. The van der Waals surface area contributed by atoms with Crippen LogP contribution in [0.5, 0.6) is 0 Å². The summed E-state index contributed by atoms with van der Waals surface area (Å²) in [5, 5.41) is 5.42. The fourth-order valence-electron chi connectivity index (χ4n) is 2.55. The molecule has 0 unspecified atom stereocenters. The normalized spacial score (nSPS) is 11.0. The van der Waals surface area contributed by atoms with E-state index in [1.807, 2.05) is 55.5 Å². The Kier molecular flexibility index (Phi) is 3.32. The van der Waals surface area contributed by atoms with Crippen LogP contribution in [-0.2, 0) is 0 Å². The van der Waals surface area contributed by atoms with Crippen LogP contribution < -0.4 is 0 Å². The van der Waals surface area contributed by atoms with E-state index < -0.39 is 0 Å². The molecule has 23 heavy (non-hydrogen) atoms. The summed E-state index contributed by atoms with van der Waals surface area (Å²) in [5.74, 6) is 0.989. The van der Waals surface area contributed by atoms with Crippen molar-refractivity contribution in [2.45, 2.75) is 6.92 Å². The number of para-hydroxylation sites is 1. The first-order valence-electron chi connectivity index (χ1n) is 7.17. The molecule has 0 aliphatic rings. The largest absolute Gasteiger partial charge is 0.334 e. The number of aromatic nitrogens is 3. The summed E-state index contributed by atoms with van der Waals surface area (Å²) in [4.78, 5) is 8.83. The van der Waals surface area contributed by atoms with Crippen molar-refractivity contribution in [3.8, 4) is 22.8 Å². The molecule has 2 aromatic heterocycles. The van der Waals surface area contributed by atoms with Crippen molar-refractivity contribution in [1.82, 2.24) is 15.1 Å². The van der Waals surface area contributed by atoms with Gasteiger partial charge >= 0.3 is 0 Å². The average Bonchev–Trinajstić information content (AvgIpc) is 3.04. The van der Waals surface area contributed by atoms with E-state index in [9.17, 15) is 0 Å². The van der Waals surface area contributed by atoms with E-state index in [0.717, 1.165) is 27.6 Å². The molecule has 4 aromatic rings. The predicted molar refractivity (Wildman–Crippen MR) is 90.2 cm³/mol. The molecule has 0 bridgehead atoms. The number of hydrogen-bond acceptors (Lipinski definition) is 4. The van der Waals surface area contributed by atoms with Crippen LogP contribution in [-0.4, -0.2) is 15.1 Å². The van der Waals surface area contributed by atoms with Crippen molar-refractivity contribution in [2.24, 2.45) is 0 Å². The average molecular weight is 322 g/mol. The third-order valence-corrected chi connectivity index (χ3v) is 3.81. The third kappa shape index (κ3) is 2.58. The zero-order valence-corrected chi connectivity index (χ0v) is 13.1. The number of aryl methyl sites for hydroxylation is 1. The zero-order valence-electron chi connectivity index (χ0n) is 12.3. The fourth-order valence-corrected chi connectivity index (χ4v) is 2.75. The summed E-state index contributed by atoms with van der Waals surface area (Å²) in [5.41, 5.74) is 3.65. The fraction of sp³-hybridized carbons (Fsp3) is 0.0556. The minimum Gasteiger partial charge on any atom is -0.334 e. The van der Waals surface area contributed by atoms with E-state index >= 15 is 0 Å². The van der Waals surface area contributed by atoms with Gasteiger partial charge in [-0.3, -0.25) is 0 Å². The summed E-state index contributed by atoms with van der Waals surface area (Å²) >= 11 is 6.12. The number of pyridine rings is 1. The molecule has 0 saturated heterocycles. The molecule has 0 N–H and O–H groups in total. The lowest BCUT2D eigenvalue weighted by Gasteiger charge is -2.02. The Bertz CT molecular complexity index is 1010. The van der Waals surface area contributed by atoms with Crippen LogP contribution in [0.2, 0.25) is 5.15 Å². The minimum absolute atomic E-state index is 0.397. The second kappa shape index (κ2) is 5.48. The van der Waals surface area contributed by atoms with Crippen molar-refractivity contribution >= 4 is 22.5 Å². The van der Waals surface area contributed by atoms with Gasteiger partial charge in [-0.25, -0.2) is 4.98 Å². The van der Waals surface area contributed by atoms with Crippen LogP contribution in [0.25, 0.3) is 33.7 Å². The van der Waals surface area contributed by atoms with Crippen LogP contribution >= 0.6 is 11.6 Å². The third-order valence-electron chi connectivity index (χ3n) is 3.62. The molecule has 0 aliphatic heterocycles. The summed E-state index contributed by atoms with van der Waals surface area (Å²) in [6.07, 6.45) is 0. The molecule has 0 atom stereocenters. The highest BCUT2D eigenvalue weighted by molar-refractivity contribution is 6.30. The lowest BCUT2D eigenvalue weighted by Crippen LogP contribution is -1.86. The van der Waals surface area contributed by atoms with Gasteiger partial charge in [-0.1, -0.05) is 58.7 Å². The van der Waals surface area contributed by atoms with E-state index in [2.05, 4.69) is 15.1 Å². The summed E-state index contributed by atoms with van der Waals surface area (Å²) < 4.78 is 5.46. The van der Waals surface area contributed by atoms with E-state index in [-0.39, 0.29) is 0 Å². The van der Waals surface area contributed by atoms with Gasteiger partial charge in [-0.2, -0.15) is 4.98 Å². The van der Waals surface area contributed by atoms with Crippen LogP contribution in [0.15, 0.2) is 59.1 Å². The first-order valence-corrected chi connectivity index (χ1v) is 7.55. The quantitative estimate of drug-likeness (QED) is 0.492. The van der Waals surface area contributed by atoms with Gasteiger partial charge in [-0.15, -0.1) is 0 Å². The number of halogens is 1. The molecule has 0 amide bonds. The van der Waals surface area contributed by atoms with E-state index in [1.165, 1.54) is 0 Å². The molecule has 0 saturated carbocycles. The first-order chi connectivity index (χ1) is 11.2. The predicted octanol–water partition coefficient (Wildman–Crippen LogP) is 4.91.